The van der Waals surface area contributed by atoms with E-state index in [9.17, 15) is 38.7 Å². The number of halogens is 1. The summed E-state index contributed by atoms with van der Waals surface area (Å²) in [6, 6.07) is -5.13. The number of aliphatic hydroxyl groups excluding tert-OH is 1. The van der Waals surface area contributed by atoms with E-state index in [2.05, 4.69) is 21.9 Å². The molecule has 6 unspecified atom stereocenters. The molecule has 58 heavy (non-hydrogen) atoms. The van der Waals surface area contributed by atoms with Crippen molar-refractivity contribution < 1.29 is 38.7 Å². The van der Waals surface area contributed by atoms with Gasteiger partial charge in [0.05, 0.1) is 24.7 Å². The van der Waals surface area contributed by atoms with Crippen LogP contribution in [0, 0.1) is 11.8 Å². The molecule has 6 atom stereocenters. The van der Waals surface area contributed by atoms with Gasteiger partial charge in [-0.15, -0.1) is 0 Å². The van der Waals surface area contributed by atoms with Crippen LogP contribution in [-0.2, 0) is 33.6 Å². The molecule has 6 amide bonds. The van der Waals surface area contributed by atoms with Gasteiger partial charge >= 0.3 is 0 Å². The van der Waals surface area contributed by atoms with E-state index in [-0.39, 0.29) is 50.0 Å². The molecule has 0 aromatic carbocycles. The lowest BCUT2D eigenvalue weighted by Gasteiger charge is -2.35. The number of nitrogens with one attached hydrogen (secondary N) is 3. The van der Waals surface area contributed by atoms with Gasteiger partial charge in [-0.2, -0.15) is 0 Å². The third-order valence-electron chi connectivity index (χ3n) is 9.37. The number of carbonyl (C=O) groups is 7. The molecule has 0 saturated carbocycles. The Labute approximate surface area is 355 Å². The van der Waals surface area contributed by atoms with Crippen LogP contribution in [0.4, 0.5) is 0 Å². The summed E-state index contributed by atoms with van der Waals surface area (Å²) in [5.41, 5.74) is 0. The second-order valence-electron chi connectivity index (χ2n) is 15.5. The maximum atomic E-state index is 14.1. The summed E-state index contributed by atoms with van der Waals surface area (Å²) in [5.74, 6) is -3.20. The molecule has 0 radical (unpaired) electrons. The number of aliphatic hydroxyl groups is 1. The largest absolute Gasteiger partial charge is 0.391 e. The number of allylic oxidation sites excluding steroid dienone is 4. The van der Waals surface area contributed by atoms with Crippen molar-refractivity contribution in [1.82, 2.24) is 35.0 Å². The van der Waals surface area contributed by atoms with Crippen LogP contribution in [0.1, 0.15) is 86.5 Å². The molecule has 0 rings (SSSR count). The minimum absolute atomic E-state index is 0.0912. The molecular weight excluding hydrogens is 786 g/mol. The predicted molar refractivity (Wildman–Crippen MR) is 231 cm³/mol. The topological polar surface area (TPSA) is 189 Å². The van der Waals surface area contributed by atoms with E-state index in [1.54, 1.807) is 43.5 Å². The monoisotopic (exact) mass is 855 g/mol. The van der Waals surface area contributed by atoms with Crippen LogP contribution in [0.25, 0.3) is 0 Å². The van der Waals surface area contributed by atoms with Crippen LogP contribution in [0.3, 0.4) is 0 Å². The third kappa shape index (κ3) is 19.8. The van der Waals surface area contributed by atoms with E-state index in [4.69, 9.17) is 11.6 Å². The fraction of sp³-hybridized carbons (Fsp3) is 0.683. The van der Waals surface area contributed by atoms with Gasteiger partial charge in [0.2, 0.25) is 35.4 Å². The Balaban J connectivity index is 6.56. The maximum Gasteiger partial charge on any atom is 0.248 e. The molecule has 0 aromatic rings. The van der Waals surface area contributed by atoms with Gasteiger partial charge in [-0.1, -0.05) is 83.3 Å². The molecular formula is C41H70ClN7O8S. The Bertz CT molecular complexity index is 1420. The van der Waals surface area contributed by atoms with Crippen molar-refractivity contribution in [3.8, 4) is 0 Å². The Morgan fingerprint density at radius 3 is 1.97 bits per heavy atom. The highest BCUT2D eigenvalue weighted by molar-refractivity contribution is 7.97. The highest BCUT2D eigenvalue weighted by atomic mass is 35.5. The number of likely N-dealkylation sites (N-methyl/N-ethyl adjacent to an activating group) is 3. The number of amides is 6. The zero-order chi connectivity index (χ0) is 44.7. The van der Waals surface area contributed by atoms with Gasteiger partial charge in [0, 0.05) is 38.3 Å². The Morgan fingerprint density at radius 2 is 1.47 bits per heavy atom. The van der Waals surface area contributed by atoms with E-state index in [1.165, 1.54) is 41.8 Å². The van der Waals surface area contributed by atoms with E-state index < -0.39 is 72.4 Å². The molecule has 15 nitrogen and oxygen atoms in total. The lowest BCUT2D eigenvalue weighted by atomic mass is 10.00. The molecule has 17 heteroatoms. The fourth-order valence-corrected chi connectivity index (χ4v) is 6.46. The van der Waals surface area contributed by atoms with Crippen molar-refractivity contribution >= 4 is 65.3 Å². The van der Waals surface area contributed by atoms with Gasteiger partial charge in [-0.05, 0) is 77.1 Å². The second kappa shape index (κ2) is 28.7. The summed E-state index contributed by atoms with van der Waals surface area (Å²) < 4.78 is 2.60. The van der Waals surface area contributed by atoms with E-state index in [1.807, 2.05) is 34.6 Å². The number of hydrogen-bond acceptors (Lipinski definition) is 10. The number of nitrogens with zero attached hydrogens (tertiary/aromatic N) is 4. The smallest absolute Gasteiger partial charge is 0.248 e. The first-order chi connectivity index (χ1) is 27.2. The minimum atomic E-state index is -1.33. The van der Waals surface area contributed by atoms with Crippen LogP contribution in [0.5, 0.6) is 0 Å². The average Bonchev–Trinajstić information content (AvgIpc) is 3.15. The number of aldehydes is 1. The molecule has 0 aliphatic carbocycles. The van der Waals surface area contributed by atoms with Gasteiger partial charge in [0.25, 0.3) is 0 Å². The van der Waals surface area contributed by atoms with E-state index in [0.29, 0.717) is 30.6 Å². The molecule has 0 aliphatic heterocycles. The molecule has 0 aliphatic rings. The Morgan fingerprint density at radius 1 is 0.879 bits per heavy atom. The molecule has 0 saturated heterocycles. The lowest BCUT2D eigenvalue weighted by molar-refractivity contribution is -0.147. The molecule has 0 heterocycles. The van der Waals surface area contributed by atoms with Gasteiger partial charge in [-0.25, -0.2) is 0 Å². The minimum Gasteiger partial charge on any atom is -0.391 e. The SMILES string of the molecule is C=C/C=C(Cl)\C=C\CC(C=O)N(C)C(=O)C(CCC(=O)NSC)NC(=O)C(CC(C)C)N(C)C(=O)CN(CCCC)C(=O)C(NC(=O)C(CC(C)C)N(C)C)C(C)O. The van der Waals surface area contributed by atoms with Crippen LogP contribution < -0.4 is 15.4 Å². The van der Waals surface area contributed by atoms with Gasteiger partial charge in [-0.3, -0.25) is 33.7 Å². The van der Waals surface area contributed by atoms with Crippen LogP contribution in [-0.4, -0.2) is 150 Å². The Hall–Kier alpha value is -3.73. The highest BCUT2D eigenvalue weighted by Crippen LogP contribution is 2.16. The summed E-state index contributed by atoms with van der Waals surface area (Å²) in [5, 5.41) is 16.5. The van der Waals surface area contributed by atoms with Gasteiger partial charge in [0.15, 0.2) is 0 Å². The molecule has 4 N–H and O–H groups in total. The summed E-state index contributed by atoms with van der Waals surface area (Å²) in [4.78, 5) is 99.5. The van der Waals surface area contributed by atoms with E-state index >= 15 is 0 Å². The summed E-state index contributed by atoms with van der Waals surface area (Å²) in [6.45, 7) is 14.3. The highest BCUT2D eigenvalue weighted by Gasteiger charge is 2.37. The summed E-state index contributed by atoms with van der Waals surface area (Å²) in [6.07, 6.45) is 9.10. The van der Waals surface area contributed by atoms with Gasteiger partial charge < -0.3 is 40.0 Å². The first-order valence-corrected chi connectivity index (χ1v) is 21.4. The molecule has 0 fully saturated rings. The van der Waals surface area contributed by atoms with Crippen molar-refractivity contribution in [3.63, 3.8) is 0 Å². The molecule has 330 valence electrons. The standard InChI is InChI=1S/C41H70ClN7O8S/c1-13-15-22-49(41(57)37(29(7)51)44-38(54)33(46(8)9)23-27(3)4)25-36(53)48(11)34(24-28(5)6)39(55)43-32(20-21-35(52)45-58-12)40(56)47(10)31(26-50)19-16-18-30(42)17-14-2/h14,16-18,26-29,31-34,37,51H,2,13,15,19-25H2,1,3-12H3,(H,43,55)(H,44,54)(H,45,52)/b18-16+,30-17+. The first kappa shape index (κ1) is 54.3. The predicted octanol–water partition coefficient (Wildman–Crippen LogP) is 3.27. The number of rotatable bonds is 28. The van der Waals surface area contributed by atoms with Crippen LogP contribution in [0.2, 0.25) is 0 Å². The van der Waals surface area contributed by atoms with Crippen molar-refractivity contribution in [3.05, 3.63) is 35.9 Å². The van der Waals surface area contributed by atoms with Crippen molar-refractivity contribution in [2.24, 2.45) is 11.8 Å². The van der Waals surface area contributed by atoms with Crippen molar-refractivity contribution in [2.45, 2.75) is 123 Å². The Kier molecular flexibility index (Phi) is 26.8. The quantitative estimate of drug-likeness (QED) is 0.0517. The maximum absolute atomic E-state index is 14.1. The number of hydrogen-bond donors (Lipinski definition) is 4. The molecule has 0 bridgehead atoms. The summed E-state index contributed by atoms with van der Waals surface area (Å²) in [7, 11) is 6.39. The molecule has 0 aromatic heterocycles. The third-order valence-corrected chi connectivity index (χ3v) is 10.1. The number of carbonyl (C=O) groups excluding carboxylic acids is 7. The van der Waals surface area contributed by atoms with Crippen molar-refractivity contribution in [1.29, 1.82) is 0 Å². The zero-order valence-electron chi connectivity index (χ0n) is 36.5. The van der Waals surface area contributed by atoms with Crippen LogP contribution in [0.15, 0.2) is 35.9 Å². The first-order valence-electron chi connectivity index (χ1n) is 19.8. The normalized spacial score (nSPS) is 14.9. The average molecular weight is 857 g/mol. The van der Waals surface area contributed by atoms with E-state index in [0.717, 1.165) is 11.9 Å². The zero-order valence-corrected chi connectivity index (χ0v) is 38.0. The van der Waals surface area contributed by atoms with Gasteiger partial charge in [0.1, 0.15) is 24.4 Å². The second-order valence-corrected chi connectivity index (χ2v) is 16.6. The van der Waals surface area contributed by atoms with Crippen molar-refractivity contribution in [2.75, 3.05) is 47.5 Å². The summed E-state index contributed by atoms with van der Waals surface area (Å²) >= 11 is 7.17. The number of unbranched alkanes of at least 4 members (excludes halogenated alkanes) is 1. The fourth-order valence-electron chi connectivity index (χ4n) is 5.95. The lowest BCUT2D eigenvalue weighted by Crippen LogP contribution is -2.59. The van der Waals surface area contributed by atoms with Crippen LogP contribution >= 0.6 is 23.5 Å². The molecule has 0 spiro atoms.